The van der Waals surface area contributed by atoms with Crippen molar-refractivity contribution in [3.63, 3.8) is 0 Å². The maximum atomic E-state index is 10.6. The molecule has 0 bridgehead atoms. The fraction of sp³-hybridized carbons (Fsp3) is 0.600. The molecule has 0 spiro atoms. The number of aliphatic carboxylic acids is 1. The summed E-state index contributed by atoms with van der Waals surface area (Å²) in [5.74, 6) is -2.48. The molecule has 0 fully saturated rings. The van der Waals surface area contributed by atoms with E-state index in [4.69, 9.17) is 20.6 Å². The number of hydrogen-bond acceptors (Lipinski definition) is 5. The molecule has 10 heteroatoms. The number of carboxylic acids is 1. The summed E-state index contributed by atoms with van der Waals surface area (Å²) in [5, 5.41) is 8.30. The zero-order valence-corrected chi connectivity index (χ0v) is 12.0. The van der Waals surface area contributed by atoms with E-state index in [-0.39, 0.29) is 59.2 Å². The third-order valence-electron chi connectivity index (χ3n) is 1.20. The zero-order valence-electron chi connectivity index (χ0n) is 8.99. The summed E-state index contributed by atoms with van der Waals surface area (Å²) in [4.78, 5) is 37.2. The van der Waals surface area contributed by atoms with E-state index in [1.165, 1.54) is 0 Å². The Balaban J connectivity index is -0.000000845. The molecule has 15 heavy (non-hydrogen) atoms. The number of carboxylic acid groups (broad SMARTS) is 1. The van der Waals surface area contributed by atoms with Gasteiger partial charge < -0.3 is 16.8 Å². The van der Waals surface area contributed by atoms with E-state index in [1.807, 2.05) is 0 Å². The van der Waals surface area contributed by atoms with Gasteiger partial charge in [0, 0.05) is 6.42 Å². The minimum absolute atomic E-state index is 0. The van der Waals surface area contributed by atoms with Crippen molar-refractivity contribution in [3.05, 3.63) is 0 Å². The number of hydrogen-bond donors (Lipinski definition) is 4. The number of carbonyl (C=O) groups is 2. The average molecular weight is 267 g/mol. The van der Waals surface area contributed by atoms with Gasteiger partial charge in [0.1, 0.15) is 6.04 Å². The molecule has 1 atom stereocenters. The predicted octanol–water partition coefficient (Wildman–Crippen LogP) is -4.07. The second kappa shape index (κ2) is 7.88. The molecule has 0 aliphatic carbocycles. The van der Waals surface area contributed by atoms with Crippen LogP contribution in [0, 0.1) is 0 Å². The second-order valence-electron chi connectivity index (χ2n) is 2.44. The standard InChI is InChI=1S/C5H10NO7P.K.H/c6-3(5(8)9)1-2-4(7)13-14(10,11)12;;/h3H,1-2,6H2,(H,8,9)(H2,10,11,12);;/q;+1;-1/t3-;;/m0../s1. The number of carbonyl (C=O) groups excluding carboxylic acids is 1. The van der Waals surface area contributed by atoms with Gasteiger partial charge >= 0.3 is 71.1 Å². The van der Waals surface area contributed by atoms with Crippen LogP contribution in [0.5, 0.6) is 0 Å². The van der Waals surface area contributed by atoms with Gasteiger partial charge in [-0.2, -0.15) is 0 Å². The van der Waals surface area contributed by atoms with Gasteiger partial charge in [0.15, 0.2) is 0 Å². The van der Waals surface area contributed by atoms with E-state index in [2.05, 4.69) is 4.52 Å². The summed E-state index contributed by atoms with van der Waals surface area (Å²) >= 11 is 0. The molecule has 0 rings (SSSR count). The largest absolute Gasteiger partial charge is 1.00 e. The Morgan fingerprint density at radius 3 is 2.27 bits per heavy atom. The van der Waals surface area contributed by atoms with Crippen LogP contribution in [-0.2, 0) is 18.7 Å². The molecule has 0 amide bonds. The molecule has 0 aromatic carbocycles. The molecule has 0 aliphatic heterocycles. The summed E-state index contributed by atoms with van der Waals surface area (Å²) < 4.78 is 13.8. The number of phosphoric acid groups is 1. The maximum absolute atomic E-state index is 10.6. The minimum Gasteiger partial charge on any atom is -1.00 e. The molecule has 0 unspecified atom stereocenters. The molecular formula is C5H11KNO7P. The van der Waals surface area contributed by atoms with Gasteiger partial charge in [-0.05, 0) is 6.42 Å². The van der Waals surface area contributed by atoms with Crippen molar-refractivity contribution in [3.8, 4) is 0 Å². The Kier molecular flexibility index (Phi) is 9.49. The Bertz CT molecular complexity index is 282. The first-order chi connectivity index (χ1) is 6.22. The van der Waals surface area contributed by atoms with E-state index in [9.17, 15) is 14.2 Å². The van der Waals surface area contributed by atoms with Crippen molar-refractivity contribution in [1.29, 1.82) is 0 Å². The first-order valence-corrected chi connectivity index (χ1v) is 5.02. The van der Waals surface area contributed by atoms with Crippen LogP contribution in [0.25, 0.3) is 0 Å². The van der Waals surface area contributed by atoms with Crippen molar-refractivity contribution < 1.29 is 86.4 Å². The fourth-order valence-electron chi connectivity index (χ4n) is 0.575. The quantitative estimate of drug-likeness (QED) is 0.290. The molecule has 0 aromatic rings. The van der Waals surface area contributed by atoms with Crippen molar-refractivity contribution in [2.45, 2.75) is 18.9 Å². The fourth-order valence-corrected chi connectivity index (χ4v) is 0.932. The molecule has 0 aliphatic rings. The smallest absolute Gasteiger partial charge is 1.00 e. The molecule has 5 N–H and O–H groups in total. The summed E-state index contributed by atoms with van der Waals surface area (Å²) in [6.07, 6.45) is -0.702. The predicted molar refractivity (Wildman–Crippen MR) is 44.1 cm³/mol. The van der Waals surface area contributed by atoms with Gasteiger partial charge in [-0.25, -0.2) is 4.57 Å². The van der Waals surface area contributed by atoms with Crippen molar-refractivity contribution in [2.75, 3.05) is 0 Å². The van der Waals surface area contributed by atoms with E-state index in [0.29, 0.717) is 0 Å². The minimum atomic E-state index is -4.84. The molecule has 0 aromatic heterocycles. The number of phosphoric ester groups is 1. The van der Waals surface area contributed by atoms with Crippen LogP contribution in [0.3, 0.4) is 0 Å². The summed E-state index contributed by atoms with van der Waals surface area (Å²) in [7, 11) is -4.84. The Hall–Kier alpha value is 0.686. The number of nitrogens with two attached hydrogens (primary N) is 1. The van der Waals surface area contributed by atoms with Crippen LogP contribution in [0.4, 0.5) is 0 Å². The van der Waals surface area contributed by atoms with Gasteiger partial charge in [-0.15, -0.1) is 0 Å². The van der Waals surface area contributed by atoms with E-state index in [0.717, 1.165) is 0 Å². The van der Waals surface area contributed by atoms with Crippen LogP contribution in [0.1, 0.15) is 14.3 Å². The van der Waals surface area contributed by atoms with Crippen LogP contribution in [-0.4, -0.2) is 32.9 Å². The van der Waals surface area contributed by atoms with Crippen molar-refractivity contribution >= 4 is 19.8 Å². The monoisotopic (exact) mass is 267 g/mol. The van der Waals surface area contributed by atoms with E-state index >= 15 is 0 Å². The van der Waals surface area contributed by atoms with Crippen LogP contribution < -0.4 is 57.1 Å². The second-order valence-corrected chi connectivity index (χ2v) is 3.60. The van der Waals surface area contributed by atoms with Gasteiger partial charge in [0.05, 0.1) is 0 Å². The molecular weight excluding hydrogens is 256 g/mol. The SMILES string of the molecule is N[C@@H](CCC(=O)OP(=O)(O)O)C(=O)O.[H-].[K+]. The van der Waals surface area contributed by atoms with Crippen LogP contribution >= 0.6 is 7.82 Å². The normalized spacial score (nSPS) is 12.5. The Morgan fingerprint density at radius 1 is 1.47 bits per heavy atom. The summed E-state index contributed by atoms with van der Waals surface area (Å²) in [5.41, 5.74) is 5.03. The van der Waals surface area contributed by atoms with E-state index < -0.39 is 32.2 Å². The average Bonchev–Trinajstić information content (AvgIpc) is 1.96. The van der Waals surface area contributed by atoms with Gasteiger partial charge in [0.25, 0.3) is 0 Å². The third-order valence-corrected chi connectivity index (χ3v) is 1.64. The Labute approximate surface area is 129 Å². The van der Waals surface area contributed by atoms with Gasteiger partial charge in [-0.1, -0.05) is 0 Å². The topological polar surface area (TPSA) is 147 Å². The molecule has 8 nitrogen and oxygen atoms in total. The maximum Gasteiger partial charge on any atom is 1.00 e. The first kappa shape index (κ1) is 18.1. The molecule has 0 heterocycles. The molecule has 0 saturated carbocycles. The van der Waals surface area contributed by atoms with Gasteiger partial charge in [-0.3, -0.25) is 19.4 Å². The van der Waals surface area contributed by atoms with Crippen molar-refractivity contribution in [1.82, 2.24) is 0 Å². The third kappa shape index (κ3) is 11.0. The molecule has 0 radical (unpaired) electrons. The van der Waals surface area contributed by atoms with Gasteiger partial charge in [0.2, 0.25) is 0 Å². The van der Waals surface area contributed by atoms with Crippen molar-refractivity contribution in [2.24, 2.45) is 5.73 Å². The first-order valence-electron chi connectivity index (χ1n) is 3.48. The molecule has 0 saturated heterocycles. The molecule has 84 valence electrons. The van der Waals surface area contributed by atoms with Crippen LogP contribution in [0.15, 0.2) is 0 Å². The Morgan fingerprint density at radius 2 is 1.93 bits per heavy atom. The summed E-state index contributed by atoms with van der Waals surface area (Å²) in [6, 6.07) is -1.25. The van der Waals surface area contributed by atoms with E-state index in [1.54, 1.807) is 0 Å². The summed E-state index contributed by atoms with van der Waals surface area (Å²) in [6.45, 7) is 0. The number of rotatable bonds is 5. The van der Waals surface area contributed by atoms with Crippen LogP contribution in [0.2, 0.25) is 0 Å². The zero-order chi connectivity index (χ0) is 11.4.